The maximum absolute atomic E-state index is 14.1. The molecular formula is C28H21FN2O4. The van der Waals surface area contributed by atoms with Crippen LogP contribution in [0.3, 0.4) is 0 Å². The maximum atomic E-state index is 14.1. The zero-order valence-corrected chi connectivity index (χ0v) is 18.7. The minimum atomic E-state index is -0.411. The number of para-hydroxylation sites is 2. The lowest BCUT2D eigenvalue weighted by atomic mass is 9.96. The molecule has 1 atom stereocenters. The molecule has 0 saturated heterocycles. The molecule has 1 aliphatic carbocycles. The van der Waals surface area contributed by atoms with Crippen LogP contribution in [0.1, 0.15) is 24.6 Å². The highest BCUT2D eigenvalue weighted by Gasteiger charge is 2.30. The molecule has 0 amide bonds. The highest BCUT2D eigenvalue weighted by Crippen LogP contribution is 2.40. The molecule has 2 heterocycles. The number of fused-ring (bicyclic) bond motifs is 2. The van der Waals surface area contributed by atoms with Gasteiger partial charge in [-0.05, 0) is 60.9 Å². The van der Waals surface area contributed by atoms with Crippen LogP contribution >= 0.6 is 0 Å². The third kappa shape index (κ3) is 3.87. The second-order valence-electron chi connectivity index (χ2n) is 8.77. The standard InChI is InChI=1S/C28H21FN2O4/c29-18-5-3-4-17(12-18)27-23-13-20(33-15-21-16-34-25-6-1-2-7-26(25)35-21)10-11-22(23)28(32)31(19-8-9-19)24(27)14-30/h1-7,10-13,19,21H,8-9,15-16H2. The van der Waals surface area contributed by atoms with Crippen LogP contribution in [-0.4, -0.2) is 23.9 Å². The summed E-state index contributed by atoms with van der Waals surface area (Å²) in [6.45, 7) is 0.587. The Kier molecular flexibility index (Phi) is 5.14. The molecule has 0 radical (unpaired) electrons. The van der Waals surface area contributed by atoms with Gasteiger partial charge in [0.2, 0.25) is 0 Å². The van der Waals surface area contributed by atoms with Crippen molar-refractivity contribution in [3.8, 4) is 34.4 Å². The van der Waals surface area contributed by atoms with E-state index in [2.05, 4.69) is 6.07 Å². The van der Waals surface area contributed by atoms with E-state index in [-0.39, 0.29) is 30.0 Å². The summed E-state index contributed by atoms with van der Waals surface area (Å²) in [6.07, 6.45) is 1.38. The van der Waals surface area contributed by atoms with Crippen molar-refractivity contribution in [1.29, 1.82) is 5.26 Å². The summed E-state index contributed by atoms with van der Waals surface area (Å²) >= 11 is 0. The molecule has 7 heteroatoms. The van der Waals surface area contributed by atoms with Crippen LogP contribution < -0.4 is 19.8 Å². The molecule has 3 aromatic carbocycles. The van der Waals surface area contributed by atoms with Crippen LogP contribution in [0.25, 0.3) is 21.9 Å². The molecule has 4 aromatic rings. The van der Waals surface area contributed by atoms with Crippen molar-refractivity contribution in [2.75, 3.05) is 13.2 Å². The van der Waals surface area contributed by atoms with Crippen molar-refractivity contribution < 1.29 is 18.6 Å². The molecule has 2 aliphatic rings. The Hall–Kier alpha value is -4.31. The number of halogens is 1. The second-order valence-corrected chi connectivity index (χ2v) is 8.77. The summed E-state index contributed by atoms with van der Waals surface area (Å²) in [6, 6.07) is 20.9. The van der Waals surface area contributed by atoms with Crippen LogP contribution in [0.15, 0.2) is 71.5 Å². The SMILES string of the molecule is N#Cc1c(-c2cccc(F)c2)c2cc(OCC3COc4ccccc4O3)ccc2c(=O)n1C1CC1. The summed E-state index contributed by atoms with van der Waals surface area (Å²) in [7, 11) is 0. The number of benzene rings is 3. The molecule has 0 N–H and O–H groups in total. The van der Waals surface area contributed by atoms with Crippen molar-refractivity contribution >= 4 is 10.8 Å². The van der Waals surface area contributed by atoms with Gasteiger partial charge in [-0.1, -0.05) is 24.3 Å². The molecule has 174 valence electrons. The van der Waals surface area contributed by atoms with Gasteiger partial charge in [0.1, 0.15) is 36.5 Å². The van der Waals surface area contributed by atoms with Crippen molar-refractivity contribution in [3.63, 3.8) is 0 Å². The zero-order valence-electron chi connectivity index (χ0n) is 18.7. The largest absolute Gasteiger partial charge is 0.490 e. The fraction of sp³-hybridized carbons (Fsp3) is 0.214. The van der Waals surface area contributed by atoms with Gasteiger partial charge in [-0.25, -0.2) is 4.39 Å². The molecule has 6 rings (SSSR count). The molecule has 1 fully saturated rings. The summed E-state index contributed by atoms with van der Waals surface area (Å²) in [4.78, 5) is 13.3. The fourth-order valence-corrected chi connectivity index (χ4v) is 4.55. The molecule has 35 heavy (non-hydrogen) atoms. The topological polar surface area (TPSA) is 73.5 Å². The molecule has 0 spiro atoms. The Balaban J connectivity index is 1.40. The van der Waals surface area contributed by atoms with Crippen molar-refractivity contribution in [2.24, 2.45) is 0 Å². The Morgan fingerprint density at radius 1 is 1.03 bits per heavy atom. The number of hydrogen-bond donors (Lipinski definition) is 0. The van der Waals surface area contributed by atoms with Gasteiger partial charge in [-0.15, -0.1) is 0 Å². The van der Waals surface area contributed by atoms with Crippen LogP contribution in [0.5, 0.6) is 17.2 Å². The Labute approximate surface area is 200 Å². The van der Waals surface area contributed by atoms with E-state index < -0.39 is 5.82 Å². The van der Waals surface area contributed by atoms with E-state index in [9.17, 15) is 14.4 Å². The highest BCUT2D eigenvalue weighted by molar-refractivity contribution is 5.99. The smallest absolute Gasteiger partial charge is 0.259 e. The van der Waals surface area contributed by atoms with Gasteiger partial charge in [-0.2, -0.15) is 5.26 Å². The lowest BCUT2D eigenvalue weighted by Gasteiger charge is -2.26. The zero-order chi connectivity index (χ0) is 23.9. The van der Waals surface area contributed by atoms with Crippen LogP contribution in [0, 0.1) is 17.1 Å². The minimum absolute atomic E-state index is 0.00360. The minimum Gasteiger partial charge on any atom is -0.490 e. The van der Waals surface area contributed by atoms with Gasteiger partial charge in [0, 0.05) is 22.4 Å². The van der Waals surface area contributed by atoms with Gasteiger partial charge in [0.05, 0.1) is 0 Å². The van der Waals surface area contributed by atoms with Crippen LogP contribution in [-0.2, 0) is 0 Å². The molecule has 6 nitrogen and oxygen atoms in total. The van der Waals surface area contributed by atoms with E-state index in [0.29, 0.717) is 45.8 Å². The van der Waals surface area contributed by atoms with Crippen molar-refractivity contribution in [1.82, 2.24) is 4.57 Å². The monoisotopic (exact) mass is 468 g/mol. The summed E-state index contributed by atoms with van der Waals surface area (Å²) in [5, 5.41) is 11.1. The normalized spacial score (nSPS) is 16.6. The molecule has 1 aromatic heterocycles. The quantitative estimate of drug-likeness (QED) is 0.401. The predicted octanol–water partition coefficient (Wildman–Crippen LogP) is 5.23. The van der Waals surface area contributed by atoms with E-state index in [1.165, 1.54) is 12.1 Å². The van der Waals surface area contributed by atoms with Gasteiger partial charge >= 0.3 is 0 Å². The van der Waals surface area contributed by atoms with Gasteiger partial charge in [0.25, 0.3) is 5.56 Å². The third-order valence-electron chi connectivity index (χ3n) is 6.32. The first kappa shape index (κ1) is 21.2. The first-order valence-electron chi connectivity index (χ1n) is 11.5. The van der Waals surface area contributed by atoms with Gasteiger partial charge < -0.3 is 14.2 Å². The van der Waals surface area contributed by atoms with E-state index in [0.717, 1.165) is 12.8 Å². The fourth-order valence-electron chi connectivity index (χ4n) is 4.55. The maximum Gasteiger partial charge on any atom is 0.259 e. The number of aromatic nitrogens is 1. The summed E-state index contributed by atoms with van der Waals surface area (Å²) < 4.78 is 33.4. The predicted molar refractivity (Wildman–Crippen MR) is 128 cm³/mol. The average molecular weight is 468 g/mol. The highest BCUT2D eigenvalue weighted by atomic mass is 19.1. The first-order chi connectivity index (χ1) is 17.1. The lowest BCUT2D eigenvalue weighted by molar-refractivity contribution is 0.0536. The molecule has 1 unspecified atom stereocenters. The Morgan fingerprint density at radius 3 is 2.63 bits per heavy atom. The van der Waals surface area contributed by atoms with Crippen LogP contribution in [0.4, 0.5) is 4.39 Å². The average Bonchev–Trinajstić information content (AvgIpc) is 3.72. The number of hydrogen-bond acceptors (Lipinski definition) is 5. The summed E-state index contributed by atoms with van der Waals surface area (Å²) in [5.41, 5.74) is 1.10. The Bertz CT molecular complexity index is 1550. The number of nitriles is 1. The first-order valence-corrected chi connectivity index (χ1v) is 11.5. The van der Waals surface area contributed by atoms with E-state index in [1.807, 2.05) is 24.3 Å². The number of nitrogens with zero attached hydrogens (tertiary/aromatic N) is 2. The van der Waals surface area contributed by atoms with Gasteiger partial charge in [-0.3, -0.25) is 9.36 Å². The number of ether oxygens (including phenoxy) is 3. The Morgan fingerprint density at radius 2 is 1.86 bits per heavy atom. The molecule has 1 saturated carbocycles. The molecule has 1 aliphatic heterocycles. The number of rotatable bonds is 5. The van der Waals surface area contributed by atoms with E-state index >= 15 is 0 Å². The third-order valence-corrected chi connectivity index (χ3v) is 6.32. The summed E-state index contributed by atoms with van der Waals surface area (Å²) in [5.74, 6) is 1.47. The van der Waals surface area contributed by atoms with Crippen LogP contribution in [0.2, 0.25) is 0 Å². The molecular weight excluding hydrogens is 447 g/mol. The second kappa shape index (κ2) is 8.48. The van der Waals surface area contributed by atoms with Crippen molar-refractivity contribution in [3.05, 3.63) is 88.6 Å². The number of pyridine rings is 1. The lowest BCUT2D eigenvalue weighted by Crippen LogP contribution is -2.34. The van der Waals surface area contributed by atoms with E-state index in [1.54, 1.807) is 34.9 Å². The van der Waals surface area contributed by atoms with E-state index in [4.69, 9.17) is 14.2 Å². The van der Waals surface area contributed by atoms with Crippen molar-refractivity contribution in [2.45, 2.75) is 25.0 Å². The van der Waals surface area contributed by atoms with Gasteiger partial charge in [0.15, 0.2) is 17.6 Å². The molecule has 0 bridgehead atoms.